The molecule has 0 radical (unpaired) electrons. The van der Waals surface area contributed by atoms with Crippen LogP contribution in [0.1, 0.15) is 17.2 Å². The van der Waals surface area contributed by atoms with Crippen LogP contribution in [-0.2, 0) is 6.61 Å². The quantitative estimate of drug-likeness (QED) is 0.679. The number of halogens is 1. The van der Waals surface area contributed by atoms with Gasteiger partial charge in [-0.05, 0) is 23.3 Å². The Labute approximate surface area is 81.8 Å². The maximum atomic E-state index is 8.97. The van der Waals surface area contributed by atoms with Gasteiger partial charge in [0.2, 0.25) is 0 Å². The summed E-state index contributed by atoms with van der Waals surface area (Å²) in [6.07, 6.45) is 0. The van der Waals surface area contributed by atoms with Crippen molar-refractivity contribution in [2.75, 3.05) is 6.61 Å². The normalized spacial score (nSPS) is 12.9. The van der Waals surface area contributed by atoms with E-state index in [0.29, 0.717) is 16.1 Å². The van der Waals surface area contributed by atoms with Gasteiger partial charge in [0.1, 0.15) is 0 Å². The molecular weight excluding hydrogens is 190 g/mol. The van der Waals surface area contributed by atoms with E-state index in [4.69, 9.17) is 27.5 Å². The first-order valence-corrected chi connectivity index (χ1v) is 4.32. The maximum Gasteiger partial charge on any atom is 0.0685 e. The minimum atomic E-state index is -0.485. The van der Waals surface area contributed by atoms with Gasteiger partial charge in [0.25, 0.3) is 0 Å². The van der Waals surface area contributed by atoms with Crippen molar-refractivity contribution in [2.24, 2.45) is 5.73 Å². The molecule has 1 unspecified atom stereocenters. The minimum absolute atomic E-state index is 0.0970. The molecule has 0 heterocycles. The summed E-state index contributed by atoms with van der Waals surface area (Å²) < 4.78 is 0. The fraction of sp³-hybridized carbons (Fsp3) is 0.333. The van der Waals surface area contributed by atoms with Gasteiger partial charge in [0.15, 0.2) is 0 Å². The van der Waals surface area contributed by atoms with Crippen molar-refractivity contribution in [3.05, 3.63) is 34.3 Å². The first-order valence-electron chi connectivity index (χ1n) is 3.94. The van der Waals surface area contributed by atoms with Gasteiger partial charge in [-0.3, -0.25) is 0 Å². The summed E-state index contributed by atoms with van der Waals surface area (Å²) in [5.41, 5.74) is 7.01. The number of aliphatic hydroxyl groups is 2. The highest BCUT2D eigenvalue weighted by molar-refractivity contribution is 6.30. The van der Waals surface area contributed by atoms with Crippen LogP contribution in [0.25, 0.3) is 0 Å². The SMILES string of the molecule is NC(CO)c1cc(Cl)ccc1CO. The highest BCUT2D eigenvalue weighted by Crippen LogP contribution is 2.20. The summed E-state index contributed by atoms with van der Waals surface area (Å²) in [5, 5.41) is 18.4. The van der Waals surface area contributed by atoms with Crippen LogP contribution in [0.4, 0.5) is 0 Å². The van der Waals surface area contributed by atoms with Crippen molar-refractivity contribution in [1.82, 2.24) is 0 Å². The summed E-state index contributed by atoms with van der Waals surface area (Å²) in [6, 6.07) is 4.56. The van der Waals surface area contributed by atoms with E-state index in [0.717, 1.165) is 0 Å². The Bertz CT molecular complexity index is 291. The van der Waals surface area contributed by atoms with E-state index in [1.165, 1.54) is 0 Å². The summed E-state index contributed by atoms with van der Waals surface area (Å²) in [6.45, 7) is -0.256. The third-order valence-electron chi connectivity index (χ3n) is 1.87. The fourth-order valence-electron chi connectivity index (χ4n) is 1.15. The topological polar surface area (TPSA) is 66.5 Å². The number of hydrogen-bond donors (Lipinski definition) is 3. The van der Waals surface area contributed by atoms with Gasteiger partial charge < -0.3 is 15.9 Å². The molecule has 0 aromatic heterocycles. The van der Waals surface area contributed by atoms with Crippen LogP contribution in [0.15, 0.2) is 18.2 Å². The second-order valence-corrected chi connectivity index (χ2v) is 3.23. The van der Waals surface area contributed by atoms with Gasteiger partial charge in [-0.2, -0.15) is 0 Å². The lowest BCUT2D eigenvalue weighted by molar-refractivity contribution is 0.259. The first kappa shape index (κ1) is 10.5. The fourth-order valence-corrected chi connectivity index (χ4v) is 1.33. The lowest BCUT2D eigenvalue weighted by Crippen LogP contribution is -2.16. The molecule has 0 aliphatic carbocycles. The van der Waals surface area contributed by atoms with E-state index in [-0.39, 0.29) is 13.2 Å². The highest BCUT2D eigenvalue weighted by Gasteiger charge is 2.09. The van der Waals surface area contributed by atoms with E-state index >= 15 is 0 Å². The van der Waals surface area contributed by atoms with Crippen LogP contribution in [-0.4, -0.2) is 16.8 Å². The Morgan fingerprint density at radius 3 is 2.62 bits per heavy atom. The second kappa shape index (κ2) is 4.58. The third-order valence-corrected chi connectivity index (χ3v) is 2.11. The molecule has 3 nitrogen and oxygen atoms in total. The molecule has 72 valence electrons. The Balaban J connectivity index is 3.07. The molecule has 13 heavy (non-hydrogen) atoms. The summed E-state index contributed by atoms with van der Waals surface area (Å²) >= 11 is 5.76. The summed E-state index contributed by atoms with van der Waals surface area (Å²) in [7, 11) is 0. The Hall–Kier alpha value is -0.610. The molecule has 0 saturated carbocycles. The number of aliphatic hydroxyl groups excluding tert-OH is 2. The molecular formula is C9H12ClNO2. The van der Waals surface area contributed by atoms with Crippen molar-refractivity contribution < 1.29 is 10.2 Å². The van der Waals surface area contributed by atoms with Gasteiger partial charge in [0.05, 0.1) is 19.3 Å². The summed E-state index contributed by atoms with van der Waals surface area (Å²) in [5.74, 6) is 0. The van der Waals surface area contributed by atoms with Crippen molar-refractivity contribution in [3.63, 3.8) is 0 Å². The van der Waals surface area contributed by atoms with Gasteiger partial charge in [-0.1, -0.05) is 17.7 Å². The van der Waals surface area contributed by atoms with Crippen LogP contribution in [0.2, 0.25) is 5.02 Å². The molecule has 1 atom stereocenters. The molecule has 1 rings (SSSR count). The number of rotatable bonds is 3. The monoisotopic (exact) mass is 201 g/mol. The molecule has 0 aliphatic heterocycles. The van der Waals surface area contributed by atoms with E-state index in [1.54, 1.807) is 18.2 Å². The largest absolute Gasteiger partial charge is 0.394 e. The maximum absolute atomic E-state index is 8.97. The van der Waals surface area contributed by atoms with Crippen LogP contribution in [0.3, 0.4) is 0 Å². The Kier molecular flexibility index (Phi) is 3.69. The molecule has 4 heteroatoms. The molecule has 0 spiro atoms. The molecule has 4 N–H and O–H groups in total. The highest BCUT2D eigenvalue weighted by atomic mass is 35.5. The lowest BCUT2D eigenvalue weighted by atomic mass is 10.0. The standard InChI is InChI=1S/C9H12ClNO2/c10-7-2-1-6(4-12)8(3-7)9(11)5-13/h1-3,9,12-13H,4-5,11H2. The number of hydrogen-bond acceptors (Lipinski definition) is 3. The van der Waals surface area contributed by atoms with Crippen molar-refractivity contribution in [2.45, 2.75) is 12.6 Å². The van der Waals surface area contributed by atoms with Crippen molar-refractivity contribution >= 4 is 11.6 Å². The molecule has 1 aromatic rings. The number of benzene rings is 1. The average molecular weight is 202 g/mol. The van der Waals surface area contributed by atoms with Gasteiger partial charge >= 0.3 is 0 Å². The lowest BCUT2D eigenvalue weighted by Gasteiger charge is -2.13. The molecule has 0 aliphatic rings. The Morgan fingerprint density at radius 1 is 1.38 bits per heavy atom. The van der Waals surface area contributed by atoms with Gasteiger partial charge in [-0.25, -0.2) is 0 Å². The average Bonchev–Trinajstić information content (AvgIpc) is 2.16. The first-order chi connectivity index (χ1) is 6.19. The minimum Gasteiger partial charge on any atom is -0.394 e. The molecule has 0 saturated heterocycles. The van der Waals surface area contributed by atoms with Gasteiger partial charge in [-0.15, -0.1) is 0 Å². The molecule has 1 aromatic carbocycles. The van der Waals surface area contributed by atoms with E-state index in [1.807, 2.05) is 0 Å². The Morgan fingerprint density at radius 2 is 2.08 bits per heavy atom. The van der Waals surface area contributed by atoms with Crippen LogP contribution in [0, 0.1) is 0 Å². The molecule has 0 amide bonds. The number of nitrogens with two attached hydrogens (primary N) is 1. The molecule has 0 bridgehead atoms. The smallest absolute Gasteiger partial charge is 0.0685 e. The van der Waals surface area contributed by atoms with Gasteiger partial charge in [0, 0.05) is 5.02 Å². The second-order valence-electron chi connectivity index (χ2n) is 2.79. The van der Waals surface area contributed by atoms with E-state index in [9.17, 15) is 0 Å². The zero-order valence-corrected chi connectivity index (χ0v) is 7.83. The zero-order valence-electron chi connectivity index (χ0n) is 7.07. The third kappa shape index (κ3) is 2.42. The van der Waals surface area contributed by atoms with Crippen molar-refractivity contribution in [3.8, 4) is 0 Å². The summed E-state index contributed by atoms with van der Waals surface area (Å²) in [4.78, 5) is 0. The van der Waals surface area contributed by atoms with E-state index < -0.39 is 6.04 Å². The van der Waals surface area contributed by atoms with Crippen molar-refractivity contribution in [1.29, 1.82) is 0 Å². The predicted molar refractivity (Wildman–Crippen MR) is 51.4 cm³/mol. The van der Waals surface area contributed by atoms with Crippen LogP contribution in [0.5, 0.6) is 0 Å². The zero-order chi connectivity index (χ0) is 9.84. The van der Waals surface area contributed by atoms with Crippen LogP contribution < -0.4 is 5.73 Å². The van der Waals surface area contributed by atoms with E-state index in [2.05, 4.69) is 0 Å². The molecule has 0 fully saturated rings. The van der Waals surface area contributed by atoms with Crippen LogP contribution >= 0.6 is 11.6 Å². The predicted octanol–water partition coefficient (Wildman–Crippen LogP) is 0.824.